The molecule has 0 radical (unpaired) electrons. The maximum absolute atomic E-state index is 13.4. The molecule has 2 aromatic carbocycles. The lowest BCUT2D eigenvalue weighted by Crippen LogP contribution is -2.50. The van der Waals surface area contributed by atoms with Crippen molar-refractivity contribution < 1.29 is 37.4 Å². The van der Waals surface area contributed by atoms with Crippen LogP contribution in [-0.2, 0) is 42.1 Å². The molecule has 47 heavy (non-hydrogen) atoms. The first-order chi connectivity index (χ1) is 22.4. The van der Waals surface area contributed by atoms with E-state index >= 15 is 0 Å². The predicted molar refractivity (Wildman–Crippen MR) is 172 cm³/mol. The number of piperidine rings is 1. The van der Waals surface area contributed by atoms with Gasteiger partial charge in [0, 0.05) is 44.2 Å². The fourth-order valence-corrected chi connectivity index (χ4v) is 7.42. The minimum atomic E-state index is -3.97. The molecule has 1 N–H and O–H groups in total. The number of aromatic nitrogens is 2. The van der Waals surface area contributed by atoms with Crippen molar-refractivity contribution in [1.82, 2.24) is 24.3 Å². The Bertz CT molecular complexity index is 1790. The van der Waals surface area contributed by atoms with Crippen LogP contribution in [0.25, 0.3) is 10.8 Å². The van der Waals surface area contributed by atoms with Crippen molar-refractivity contribution in [3.8, 4) is 0 Å². The van der Waals surface area contributed by atoms with Gasteiger partial charge in [0.1, 0.15) is 12.7 Å². The molecule has 0 unspecified atom stereocenters. The smallest absolute Gasteiger partial charge is 0.330 e. The number of imidazole rings is 1. The quantitative estimate of drug-likeness (QED) is 0.283. The summed E-state index contributed by atoms with van der Waals surface area (Å²) < 4.78 is 32.9. The van der Waals surface area contributed by atoms with Crippen LogP contribution in [0.4, 0.5) is 4.79 Å². The summed E-state index contributed by atoms with van der Waals surface area (Å²) in [4.78, 5) is 59.5. The second-order valence-electron chi connectivity index (χ2n) is 11.9. The van der Waals surface area contributed by atoms with E-state index in [1.54, 1.807) is 42.4 Å². The molecule has 5 rings (SSSR count). The summed E-state index contributed by atoms with van der Waals surface area (Å²) in [6.07, 6.45) is 1.87. The fourth-order valence-electron chi connectivity index (χ4n) is 5.91. The lowest BCUT2D eigenvalue weighted by atomic mass is 10.0. The van der Waals surface area contributed by atoms with Gasteiger partial charge in [-0.2, -0.15) is 0 Å². The highest BCUT2D eigenvalue weighted by Crippen LogP contribution is 2.27. The largest absolute Gasteiger partial charge is 0.457 e. The Kier molecular flexibility index (Phi) is 10.5. The number of carbonyl (C=O) groups excluding carboxylic acids is 4. The Morgan fingerprint density at radius 3 is 2.53 bits per heavy atom. The molecule has 1 atom stereocenters. The standard InChI is InChI=1S/C32H38ClN5O8S/c1-3-4-29(40)35(2)12-11-30(41)46-19-28-34-17-25-18-37(32(43)38(25)28)24-9-13-36(14-10-24)31(42)27(39)20-47(44,45)26-8-6-21-15-23(33)7-5-22(21)16-26/h5-8,15-17,24,27,39H,3-4,9-14,18-20H2,1-2H3/t27-/m1/s1. The molecule has 0 aliphatic carbocycles. The van der Waals surface area contributed by atoms with Crippen molar-refractivity contribution in [1.29, 1.82) is 0 Å². The predicted octanol–water partition coefficient (Wildman–Crippen LogP) is 2.99. The minimum Gasteiger partial charge on any atom is -0.457 e. The van der Waals surface area contributed by atoms with E-state index in [1.165, 1.54) is 26.5 Å². The molecule has 0 spiro atoms. The normalized spacial score (nSPS) is 16.0. The van der Waals surface area contributed by atoms with Gasteiger partial charge >= 0.3 is 12.0 Å². The number of halogens is 1. The number of amides is 3. The second-order valence-corrected chi connectivity index (χ2v) is 14.4. The average molecular weight is 688 g/mol. The van der Waals surface area contributed by atoms with Crippen molar-refractivity contribution >= 4 is 56.0 Å². The van der Waals surface area contributed by atoms with Gasteiger partial charge in [0.25, 0.3) is 5.91 Å². The van der Waals surface area contributed by atoms with Gasteiger partial charge in [-0.25, -0.2) is 22.8 Å². The van der Waals surface area contributed by atoms with Crippen LogP contribution in [0.2, 0.25) is 5.02 Å². The van der Waals surface area contributed by atoms with Crippen LogP contribution in [0.15, 0.2) is 47.5 Å². The SMILES string of the molecule is CCCC(=O)N(C)CCC(=O)OCc1ncc2n1C(=O)N(C1CCN(C(=O)[C@H](O)CS(=O)(=O)c3ccc4cc(Cl)ccc4c3)CC1)C2. The Balaban J connectivity index is 1.11. The second kappa shape index (κ2) is 14.4. The van der Waals surface area contributed by atoms with Gasteiger partial charge in [0.2, 0.25) is 5.91 Å². The third-order valence-corrected chi connectivity index (χ3v) is 10.6. The number of fused-ring (bicyclic) bond motifs is 2. The van der Waals surface area contributed by atoms with Crippen LogP contribution < -0.4 is 0 Å². The molecular formula is C32H38ClN5O8S. The Morgan fingerprint density at radius 1 is 1.11 bits per heavy atom. The molecule has 1 saturated heterocycles. The molecule has 0 saturated carbocycles. The van der Waals surface area contributed by atoms with Crippen molar-refractivity contribution in [3.63, 3.8) is 0 Å². The monoisotopic (exact) mass is 687 g/mol. The van der Waals surface area contributed by atoms with Crippen LogP contribution >= 0.6 is 11.6 Å². The number of rotatable bonds is 12. The molecule has 252 valence electrons. The van der Waals surface area contributed by atoms with Gasteiger partial charge in [-0.15, -0.1) is 0 Å². The number of aliphatic hydroxyl groups excluding tert-OH is 1. The van der Waals surface area contributed by atoms with Crippen LogP contribution in [0.3, 0.4) is 0 Å². The molecular weight excluding hydrogens is 650 g/mol. The van der Waals surface area contributed by atoms with E-state index in [9.17, 15) is 32.7 Å². The van der Waals surface area contributed by atoms with Crippen LogP contribution in [0.5, 0.6) is 0 Å². The maximum Gasteiger partial charge on any atom is 0.330 e. The van der Waals surface area contributed by atoms with Crippen molar-refractivity contribution in [2.45, 2.75) is 69.2 Å². The van der Waals surface area contributed by atoms with Crippen molar-refractivity contribution in [2.24, 2.45) is 0 Å². The number of carbonyl (C=O) groups is 4. The van der Waals surface area contributed by atoms with E-state index < -0.39 is 33.6 Å². The van der Waals surface area contributed by atoms with E-state index in [4.69, 9.17) is 16.3 Å². The van der Waals surface area contributed by atoms with Gasteiger partial charge in [-0.1, -0.05) is 30.7 Å². The molecule has 0 bridgehead atoms. The zero-order chi connectivity index (χ0) is 33.9. The summed E-state index contributed by atoms with van der Waals surface area (Å²) in [5, 5.41) is 12.6. The molecule has 2 aliphatic heterocycles. The van der Waals surface area contributed by atoms with E-state index in [2.05, 4.69) is 4.98 Å². The Hall–Kier alpha value is -4.01. The number of benzene rings is 2. The molecule has 13 nitrogen and oxygen atoms in total. The number of esters is 1. The summed E-state index contributed by atoms with van der Waals surface area (Å²) in [6.45, 7) is 2.75. The average Bonchev–Trinajstić information content (AvgIpc) is 3.61. The zero-order valence-electron chi connectivity index (χ0n) is 26.3. The highest BCUT2D eigenvalue weighted by atomic mass is 35.5. The number of ether oxygens (including phenoxy) is 1. The minimum absolute atomic E-state index is 0.00413. The Labute approximate surface area is 277 Å². The lowest BCUT2D eigenvalue weighted by molar-refractivity contribution is -0.146. The molecule has 3 aromatic rings. The molecule has 15 heteroatoms. The van der Waals surface area contributed by atoms with Crippen molar-refractivity contribution in [3.05, 3.63) is 59.1 Å². The molecule has 2 aliphatic rings. The van der Waals surface area contributed by atoms with Gasteiger partial charge in [-0.3, -0.25) is 14.4 Å². The topological polar surface area (TPSA) is 159 Å². The van der Waals surface area contributed by atoms with Crippen LogP contribution in [0, 0.1) is 0 Å². The van der Waals surface area contributed by atoms with E-state index in [1.807, 2.05) is 6.92 Å². The first-order valence-electron chi connectivity index (χ1n) is 15.5. The molecule has 3 heterocycles. The third kappa shape index (κ3) is 7.77. The number of nitrogens with zero attached hydrogens (tertiary/aromatic N) is 5. The number of aliphatic hydroxyl groups is 1. The van der Waals surface area contributed by atoms with E-state index in [-0.39, 0.29) is 55.5 Å². The molecule has 1 fully saturated rings. The van der Waals surface area contributed by atoms with Gasteiger partial charge in [0.15, 0.2) is 15.7 Å². The number of sulfone groups is 1. The summed E-state index contributed by atoms with van der Waals surface area (Å²) in [5.74, 6) is -1.68. The summed E-state index contributed by atoms with van der Waals surface area (Å²) in [7, 11) is -2.33. The number of hydrogen-bond acceptors (Lipinski definition) is 9. The third-order valence-electron chi connectivity index (χ3n) is 8.59. The molecule has 1 aromatic heterocycles. The van der Waals surface area contributed by atoms with Gasteiger partial charge < -0.3 is 24.5 Å². The maximum atomic E-state index is 13.4. The summed E-state index contributed by atoms with van der Waals surface area (Å²) in [5.41, 5.74) is 0.655. The first-order valence-corrected chi connectivity index (χ1v) is 17.6. The zero-order valence-corrected chi connectivity index (χ0v) is 27.9. The van der Waals surface area contributed by atoms with Crippen LogP contribution in [-0.4, -0.2) is 106 Å². The first kappa shape index (κ1) is 34.3. The Morgan fingerprint density at radius 2 is 1.81 bits per heavy atom. The van der Waals surface area contributed by atoms with E-state index in [0.29, 0.717) is 47.7 Å². The van der Waals surface area contributed by atoms with Gasteiger partial charge in [-0.05, 0) is 54.3 Å². The fraction of sp³-hybridized carbons (Fsp3) is 0.469. The number of hydrogen-bond donors (Lipinski definition) is 1. The van der Waals surface area contributed by atoms with Crippen LogP contribution in [0.1, 0.15) is 50.5 Å². The number of likely N-dealkylation sites (tertiary alicyclic amines) is 1. The highest BCUT2D eigenvalue weighted by molar-refractivity contribution is 7.91. The summed E-state index contributed by atoms with van der Waals surface area (Å²) in [6, 6.07) is 9.15. The summed E-state index contributed by atoms with van der Waals surface area (Å²) >= 11 is 6.01. The lowest BCUT2D eigenvalue weighted by Gasteiger charge is -2.37. The van der Waals surface area contributed by atoms with E-state index in [0.717, 1.165) is 11.8 Å². The highest BCUT2D eigenvalue weighted by Gasteiger charge is 2.38. The van der Waals surface area contributed by atoms with Crippen molar-refractivity contribution in [2.75, 3.05) is 32.4 Å². The molecule has 3 amide bonds. The van der Waals surface area contributed by atoms with Gasteiger partial charge in [0.05, 0.1) is 35.5 Å².